The average molecular weight is 304 g/mol. The van der Waals surface area contributed by atoms with Crippen molar-refractivity contribution in [2.45, 2.75) is 0 Å². The molecule has 0 unspecified atom stereocenters. The van der Waals surface area contributed by atoms with E-state index in [0.29, 0.717) is 6.07 Å². The molecule has 2 rings (SSSR count). The van der Waals surface area contributed by atoms with Crippen LogP contribution in [-0.2, 0) is 0 Å². The minimum atomic E-state index is -1.25. The molecule has 0 aliphatic carbocycles. The van der Waals surface area contributed by atoms with E-state index in [2.05, 4.69) is 0 Å². The Morgan fingerprint density at radius 1 is 1.05 bits per heavy atom. The van der Waals surface area contributed by atoms with E-state index in [1.54, 1.807) is 0 Å². The third-order valence-electron chi connectivity index (χ3n) is 2.47. The summed E-state index contributed by atoms with van der Waals surface area (Å²) in [6.45, 7) is 0. The monoisotopic (exact) mass is 303 g/mol. The van der Waals surface area contributed by atoms with Gasteiger partial charge < -0.3 is 0 Å². The summed E-state index contributed by atoms with van der Waals surface area (Å²) in [4.78, 5) is 9.72. The third-order valence-corrected chi connectivity index (χ3v) is 3.29. The maximum absolute atomic E-state index is 13.7. The zero-order valence-corrected chi connectivity index (χ0v) is 10.7. The van der Waals surface area contributed by atoms with Crippen molar-refractivity contribution in [2.75, 3.05) is 0 Å². The van der Waals surface area contributed by atoms with Crippen molar-refractivity contribution in [3.63, 3.8) is 0 Å². The molecule has 3 nitrogen and oxygen atoms in total. The Balaban J connectivity index is 2.72. The second-order valence-corrected chi connectivity index (χ2v) is 4.43. The summed E-state index contributed by atoms with van der Waals surface area (Å²) in [5.41, 5.74) is -0.845. The van der Waals surface area contributed by atoms with Crippen LogP contribution in [0.3, 0.4) is 0 Å². The predicted molar refractivity (Wildman–Crippen MR) is 68.5 cm³/mol. The van der Waals surface area contributed by atoms with Crippen LogP contribution in [0, 0.1) is 21.7 Å². The van der Waals surface area contributed by atoms with E-state index >= 15 is 0 Å². The fourth-order valence-corrected chi connectivity index (χ4v) is 2.00. The quantitative estimate of drug-likeness (QED) is 0.588. The highest BCUT2D eigenvalue weighted by Crippen LogP contribution is 2.36. The Bertz CT molecular complexity index is 677. The van der Waals surface area contributed by atoms with Gasteiger partial charge in [-0.25, -0.2) is 4.39 Å². The molecular weight excluding hydrogens is 299 g/mol. The maximum Gasteiger partial charge on any atom is 0.305 e. The third kappa shape index (κ3) is 2.52. The van der Waals surface area contributed by atoms with Crippen LogP contribution in [0.1, 0.15) is 0 Å². The molecule has 0 aliphatic rings. The number of halogens is 4. The molecule has 0 heterocycles. The van der Waals surface area contributed by atoms with Gasteiger partial charge in [-0.05, 0) is 6.07 Å². The summed E-state index contributed by atoms with van der Waals surface area (Å²) in [5.74, 6) is -2.20. The molecule has 7 heteroatoms. The van der Waals surface area contributed by atoms with Crippen molar-refractivity contribution in [1.29, 1.82) is 0 Å². The molecule has 0 saturated heterocycles. The minimum absolute atomic E-state index is 0.0453. The first kappa shape index (κ1) is 13.7. The van der Waals surface area contributed by atoms with Crippen LogP contribution >= 0.6 is 23.2 Å². The summed E-state index contributed by atoms with van der Waals surface area (Å²) in [5, 5.41) is 10.9. The molecule has 0 aliphatic heterocycles. The van der Waals surface area contributed by atoms with E-state index in [0.717, 1.165) is 6.07 Å². The number of benzene rings is 2. The van der Waals surface area contributed by atoms with Crippen molar-refractivity contribution in [3.8, 4) is 11.1 Å². The molecular formula is C12H5Cl2F2NO2. The van der Waals surface area contributed by atoms with E-state index in [1.165, 1.54) is 18.2 Å². The van der Waals surface area contributed by atoms with Crippen LogP contribution in [-0.4, -0.2) is 4.92 Å². The van der Waals surface area contributed by atoms with Crippen molar-refractivity contribution in [3.05, 3.63) is 62.1 Å². The summed E-state index contributed by atoms with van der Waals surface area (Å²) < 4.78 is 27.0. The highest BCUT2D eigenvalue weighted by atomic mass is 35.5. The maximum atomic E-state index is 13.7. The first-order valence-electron chi connectivity index (χ1n) is 4.99. The van der Waals surface area contributed by atoms with Crippen LogP contribution in [0.25, 0.3) is 11.1 Å². The van der Waals surface area contributed by atoms with Gasteiger partial charge in [-0.1, -0.05) is 35.3 Å². The highest BCUT2D eigenvalue weighted by molar-refractivity contribution is 6.43. The molecule has 0 radical (unpaired) electrons. The molecule has 0 saturated carbocycles. The van der Waals surface area contributed by atoms with Gasteiger partial charge in [0.25, 0.3) is 0 Å². The Morgan fingerprint density at radius 2 is 1.74 bits per heavy atom. The smallest absolute Gasteiger partial charge is 0.258 e. The van der Waals surface area contributed by atoms with E-state index in [4.69, 9.17) is 23.2 Å². The number of nitrogens with zero attached hydrogens (tertiary/aromatic N) is 1. The number of hydrogen-bond acceptors (Lipinski definition) is 2. The van der Waals surface area contributed by atoms with Gasteiger partial charge in [0.2, 0.25) is 5.82 Å². The van der Waals surface area contributed by atoms with E-state index in [1.807, 2.05) is 0 Å². The fourth-order valence-electron chi connectivity index (χ4n) is 1.60. The lowest BCUT2D eigenvalue weighted by molar-refractivity contribution is -0.387. The number of rotatable bonds is 2. The lowest BCUT2D eigenvalue weighted by Crippen LogP contribution is -1.96. The fraction of sp³-hybridized carbons (Fsp3) is 0. The molecule has 0 bridgehead atoms. The average Bonchev–Trinajstić information content (AvgIpc) is 2.33. The van der Waals surface area contributed by atoms with Gasteiger partial charge in [-0.2, -0.15) is 4.39 Å². The summed E-state index contributed by atoms with van der Waals surface area (Å²) in [6, 6.07) is 5.68. The van der Waals surface area contributed by atoms with Crippen molar-refractivity contribution >= 4 is 28.9 Å². The molecule has 0 aromatic heterocycles. The van der Waals surface area contributed by atoms with Crippen molar-refractivity contribution < 1.29 is 13.7 Å². The SMILES string of the molecule is O=[N+]([O-])c1cc(-c2cccc(Cl)c2Cl)c(F)cc1F. The highest BCUT2D eigenvalue weighted by Gasteiger charge is 2.21. The summed E-state index contributed by atoms with van der Waals surface area (Å²) in [7, 11) is 0. The van der Waals surface area contributed by atoms with Crippen LogP contribution < -0.4 is 0 Å². The van der Waals surface area contributed by atoms with Gasteiger partial charge in [0.05, 0.1) is 15.0 Å². The molecule has 0 amide bonds. The molecule has 98 valence electrons. The van der Waals surface area contributed by atoms with Gasteiger partial charge in [0, 0.05) is 23.3 Å². The van der Waals surface area contributed by atoms with Crippen LogP contribution in [0.2, 0.25) is 10.0 Å². The lowest BCUT2D eigenvalue weighted by Gasteiger charge is -2.07. The van der Waals surface area contributed by atoms with E-state index < -0.39 is 22.2 Å². The van der Waals surface area contributed by atoms with Crippen LogP contribution in [0.5, 0.6) is 0 Å². The van der Waals surface area contributed by atoms with Gasteiger partial charge in [0.1, 0.15) is 5.82 Å². The van der Waals surface area contributed by atoms with Gasteiger partial charge in [-0.3, -0.25) is 10.1 Å². The van der Waals surface area contributed by atoms with Crippen molar-refractivity contribution in [2.24, 2.45) is 0 Å². The largest absolute Gasteiger partial charge is 0.305 e. The number of hydrogen-bond donors (Lipinski definition) is 0. The summed E-state index contributed by atoms with van der Waals surface area (Å²) >= 11 is 11.7. The molecule has 19 heavy (non-hydrogen) atoms. The lowest BCUT2D eigenvalue weighted by atomic mass is 10.0. The first-order chi connectivity index (χ1) is 8.91. The molecule has 0 atom stereocenters. The van der Waals surface area contributed by atoms with Gasteiger partial charge in [-0.15, -0.1) is 0 Å². The topological polar surface area (TPSA) is 43.1 Å². The van der Waals surface area contributed by atoms with Gasteiger partial charge in [0.15, 0.2) is 0 Å². The number of nitro benzene ring substituents is 1. The summed E-state index contributed by atoms with van der Waals surface area (Å²) in [6.07, 6.45) is 0. The van der Waals surface area contributed by atoms with Crippen LogP contribution in [0.4, 0.5) is 14.5 Å². The molecule has 2 aromatic rings. The van der Waals surface area contributed by atoms with E-state index in [9.17, 15) is 18.9 Å². The van der Waals surface area contributed by atoms with E-state index in [-0.39, 0.29) is 21.2 Å². The number of nitro groups is 1. The molecule has 0 N–H and O–H groups in total. The van der Waals surface area contributed by atoms with Crippen LogP contribution in [0.15, 0.2) is 30.3 Å². The molecule has 2 aromatic carbocycles. The second-order valence-electron chi connectivity index (χ2n) is 3.64. The molecule has 0 fully saturated rings. The zero-order valence-electron chi connectivity index (χ0n) is 9.16. The Kier molecular flexibility index (Phi) is 3.68. The second kappa shape index (κ2) is 5.11. The zero-order chi connectivity index (χ0) is 14.2. The van der Waals surface area contributed by atoms with Crippen molar-refractivity contribution in [1.82, 2.24) is 0 Å². The normalized spacial score (nSPS) is 10.5. The molecule has 0 spiro atoms. The Hall–Kier alpha value is -1.72. The Labute approximate surface area is 116 Å². The first-order valence-corrected chi connectivity index (χ1v) is 5.75. The van der Waals surface area contributed by atoms with Gasteiger partial charge >= 0.3 is 5.69 Å². The standard InChI is InChI=1S/C12H5Cl2F2NO2/c13-8-3-1-2-6(12(8)14)7-4-11(17(18)19)10(16)5-9(7)15/h1-5H. The Morgan fingerprint density at radius 3 is 2.37 bits per heavy atom. The predicted octanol–water partition coefficient (Wildman–Crippen LogP) is 4.85. The minimum Gasteiger partial charge on any atom is -0.258 e.